The molecular weight excluding hydrogens is 428 g/mol. The van der Waals surface area contributed by atoms with Crippen molar-refractivity contribution in [3.8, 4) is 6.07 Å². The third-order valence-electron chi connectivity index (χ3n) is 6.01. The lowest BCUT2D eigenvalue weighted by molar-refractivity contribution is 0.359. The molecular formula is C28H27ClN4. The molecule has 2 unspecified atom stereocenters. The molecule has 0 aliphatic carbocycles. The molecule has 0 radical (unpaired) electrons. The summed E-state index contributed by atoms with van der Waals surface area (Å²) in [7, 11) is 0. The molecule has 3 atom stereocenters. The summed E-state index contributed by atoms with van der Waals surface area (Å²) in [5, 5.41) is 18.5. The van der Waals surface area contributed by atoms with Crippen molar-refractivity contribution in [2.45, 2.75) is 37.9 Å². The van der Waals surface area contributed by atoms with Crippen LogP contribution in [0.1, 0.15) is 41.1 Å². The van der Waals surface area contributed by atoms with Gasteiger partial charge in [-0.3, -0.25) is 4.68 Å². The first-order valence-corrected chi connectivity index (χ1v) is 11.5. The number of nitriles is 1. The summed E-state index contributed by atoms with van der Waals surface area (Å²) in [6, 6.07) is 30.9. The van der Waals surface area contributed by atoms with E-state index in [2.05, 4.69) is 65.9 Å². The highest BCUT2D eigenvalue weighted by molar-refractivity contribution is 6.30. The van der Waals surface area contributed by atoms with Crippen LogP contribution in [0.5, 0.6) is 0 Å². The predicted molar refractivity (Wildman–Crippen MR) is 133 cm³/mol. The molecule has 0 saturated carbocycles. The second kappa shape index (κ2) is 11.0. The minimum Gasteiger partial charge on any atom is -0.305 e. The summed E-state index contributed by atoms with van der Waals surface area (Å²) < 4.78 is 1.96. The van der Waals surface area contributed by atoms with Crippen LogP contribution in [0.3, 0.4) is 0 Å². The number of nitrogens with zero attached hydrogens (tertiary/aromatic N) is 3. The zero-order valence-electron chi connectivity index (χ0n) is 18.6. The average Bonchev–Trinajstić information content (AvgIpc) is 3.37. The fourth-order valence-corrected chi connectivity index (χ4v) is 4.39. The molecule has 5 heteroatoms. The molecule has 0 bridgehead atoms. The molecule has 33 heavy (non-hydrogen) atoms. The Morgan fingerprint density at radius 2 is 1.73 bits per heavy atom. The number of benzene rings is 3. The highest BCUT2D eigenvalue weighted by Crippen LogP contribution is 2.28. The van der Waals surface area contributed by atoms with Gasteiger partial charge in [0.05, 0.1) is 24.2 Å². The molecule has 0 aliphatic rings. The Kier molecular flexibility index (Phi) is 7.57. The molecule has 4 aromatic rings. The zero-order valence-corrected chi connectivity index (χ0v) is 19.4. The molecule has 0 aliphatic heterocycles. The van der Waals surface area contributed by atoms with Crippen molar-refractivity contribution in [1.29, 1.82) is 5.26 Å². The van der Waals surface area contributed by atoms with Crippen LogP contribution in [0.2, 0.25) is 5.02 Å². The van der Waals surface area contributed by atoms with Gasteiger partial charge in [0.25, 0.3) is 0 Å². The number of hydrogen-bond donors (Lipinski definition) is 1. The number of rotatable bonds is 9. The van der Waals surface area contributed by atoms with Gasteiger partial charge in [0, 0.05) is 29.4 Å². The van der Waals surface area contributed by atoms with E-state index in [0.29, 0.717) is 5.56 Å². The normalized spacial score (nSPS) is 13.7. The van der Waals surface area contributed by atoms with Gasteiger partial charge >= 0.3 is 0 Å². The summed E-state index contributed by atoms with van der Waals surface area (Å²) in [6.45, 7) is 2.95. The topological polar surface area (TPSA) is 53.6 Å². The number of aromatic nitrogens is 2. The Labute approximate surface area is 200 Å². The van der Waals surface area contributed by atoms with Gasteiger partial charge < -0.3 is 5.32 Å². The molecule has 1 N–H and O–H groups in total. The summed E-state index contributed by atoms with van der Waals surface area (Å²) in [4.78, 5) is 0. The van der Waals surface area contributed by atoms with E-state index in [1.807, 2.05) is 59.5 Å². The van der Waals surface area contributed by atoms with E-state index in [-0.39, 0.29) is 18.0 Å². The molecule has 166 valence electrons. The van der Waals surface area contributed by atoms with Gasteiger partial charge in [0.1, 0.15) is 0 Å². The van der Waals surface area contributed by atoms with E-state index >= 15 is 0 Å². The lowest BCUT2D eigenvalue weighted by atomic mass is 9.85. The lowest BCUT2D eigenvalue weighted by Crippen LogP contribution is -2.38. The monoisotopic (exact) mass is 454 g/mol. The van der Waals surface area contributed by atoms with E-state index in [4.69, 9.17) is 11.6 Å². The summed E-state index contributed by atoms with van der Waals surface area (Å²) in [5.41, 5.74) is 4.26. The van der Waals surface area contributed by atoms with Gasteiger partial charge in [0.2, 0.25) is 0 Å². The minimum atomic E-state index is 0.0907. The average molecular weight is 455 g/mol. The van der Waals surface area contributed by atoms with Crippen molar-refractivity contribution in [1.82, 2.24) is 15.1 Å². The molecule has 0 spiro atoms. The zero-order chi connectivity index (χ0) is 23.0. The molecule has 0 fully saturated rings. The summed E-state index contributed by atoms with van der Waals surface area (Å²) in [5.74, 6) is 0.170. The fourth-order valence-electron chi connectivity index (χ4n) is 4.27. The fraction of sp³-hybridized carbons (Fsp3) is 0.214. The number of nitrogens with one attached hydrogen (secondary N) is 1. The van der Waals surface area contributed by atoms with Crippen molar-refractivity contribution in [2.75, 3.05) is 0 Å². The van der Waals surface area contributed by atoms with Crippen LogP contribution < -0.4 is 5.32 Å². The molecule has 1 aromatic heterocycles. The minimum absolute atomic E-state index is 0.0907. The standard InChI is InChI=1S/C28H27ClN4/c1-21(32-28(20-33-16-6-15-31-33)24-8-3-2-4-9-24)27(18-22-11-13-26(29)14-12-22)25-10-5-7-23(17-25)19-30/h2-17,21,27-28,32H,18,20H2,1H3/t21?,27?,28-/m1/s1. The van der Waals surface area contributed by atoms with Gasteiger partial charge in [0.15, 0.2) is 0 Å². The molecule has 1 heterocycles. The Hall–Kier alpha value is -3.39. The first kappa shape index (κ1) is 22.8. The Morgan fingerprint density at radius 1 is 0.970 bits per heavy atom. The van der Waals surface area contributed by atoms with Crippen LogP contribution >= 0.6 is 11.6 Å². The highest BCUT2D eigenvalue weighted by atomic mass is 35.5. The second-order valence-electron chi connectivity index (χ2n) is 8.32. The molecule has 0 amide bonds. The van der Waals surface area contributed by atoms with Crippen molar-refractivity contribution >= 4 is 11.6 Å². The highest BCUT2D eigenvalue weighted by Gasteiger charge is 2.24. The predicted octanol–water partition coefficient (Wildman–Crippen LogP) is 6.15. The lowest BCUT2D eigenvalue weighted by Gasteiger charge is -2.30. The Morgan fingerprint density at radius 3 is 2.42 bits per heavy atom. The van der Waals surface area contributed by atoms with E-state index < -0.39 is 0 Å². The van der Waals surface area contributed by atoms with Crippen molar-refractivity contribution in [3.63, 3.8) is 0 Å². The molecule has 0 saturated heterocycles. The third kappa shape index (κ3) is 6.10. The molecule has 3 aromatic carbocycles. The quantitative estimate of drug-likeness (QED) is 0.329. The van der Waals surface area contributed by atoms with Gasteiger partial charge in [-0.05, 0) is 60.4 Å². The van der Waals surface area contributed by atoms with Crippen LogP contribution in [0.4, 0.5) is 0 Å². The van der Waals surface area contributed by atoms with Crippen LogP contribution in [0.25, 0.3) is 0 Å². The molecule has 4 rings (SSSR count). The number of hydrogen-bond acceptors (Lipinski definition) is 3. The van der Waals surface area contributed by atoms with Crippen LogP contribution in [-0.4, -0.2) is 15.8 Å². The Balaban J connectivity index is 1.63. The summed E-state index contributed by atoms with van der Waals surface area (Å²) in [6.07, 6.45) is 4.63. The smallest absolute Gasteiger partial charge is 0.0991 e. The van der Waals surface area contributed by atoms with Gasteiger partial charge in [-0.25, -0.2) is 0 Å². The van der Waals surface area contributed by atoms with Crippen molar-refractivity contribution < 1.29 is 0 Å². The van der Waals surface area contributed by atoms with E-state index in [1.165, 1.54) is 11.1 Å². The Bertz CT molecular complexity index is 1180. The van der Waals surface area contributed by atoms with E-state index in [1.54, 1.807) is 0 Å². The number of halogens is 1. The van der Waals surface area contributed by atoms with Crippen LogP contribution in [-0.2, 0) is 13.0 Å². The molecule has 4 nitrogen and oxygen atoms in total. The maximum absolute atomic E-state index is 9.45. The largest absolute Gasteiger partial charge is 0.305 e. The van der Waals surface area contributed by atoms with E-state index in [0.717, 1.165) is 23.6 Å². The second-order valence-corrected chi connectivity index (χ2v) is 8.76. The maximum atomic E-state index is 9.45. The van der Waals surface area contributed by atoms with Gasteiger partial charge in [-0.15, -0.1) is 0 Å². The maximum Gasteiger partial charge on any atom is 0.0991 e. The van der Waals surface area contributed by atoms with Crippen molar-refractivity contribution in [3.05, 3.63) is 125 Å². The van der Waals surface area contributed by atoms with Crippen molar-refractivity contribution in [2.24, 2.45) is 0 Å². The first-order valence-electron chi connectivity index (χ1n) is 11.2. The third-order valence-corrected chi connectivity index (χ3v) is 6.26. The van der Waals surface area contributed by atoms with Gasteiger partial charge in [-0.2, -0.15) is 10.4 Å². The van der Waals surface area contributed by atoms with E-state index in [9.17, 15) is 5.26 Å². The van der Waals surface area contributed by atoms with Crippen LogP contribution in [0, 0.1) is 11.3 Å². The first-order chi connectivity index (χ1) is 16.1. The summed E-state index contributed by atoms with van der Waals surface area (Å²) >= 11 is 6.12. The van der Waals surface area contributed by atoms with Gasteiger partial charge in [-0.1, -0.05) is 66.2 Å². The van der Waals surface area contributed by atoms with Crippen LogP contribution in [0.15, 0.2) is 97.3 Å². The SMILES string of the molecule is CC(N[C@H](Cn1cccn1)c1ccccc1)C(Cc1ccc(Cl)cc1)c1cccc(C#N)c1.